The van der Waals surface area contributed by atoms with Gasteiger partial charge >= 0.3 is 12.0 Å². The highest BCUT2D eigenvalue weighted by Crippen LogP contribution is 2.28. The minimum absolute atomic E-state index is 0.294. The number of nitrogens with one attached hydrogen (secondary N) is 2. The fourth-order valence-corrected chi connectivity index (χ4v) is 2.44. The van der Waals surface area contributed by atoms with E-state index < -0.39 is 17.5 Å². The van der Waals surface area contributed by atoms with Gasteiger partial charge in [-0.1, -0.05) is 19.3 Å². The number of urea groups is 1. The number of unbranched alkanes of at least 4 members (excludes halogenated alkanes) is 1. The molecule has 1 aliphatic carbocycles. The minimum Gasteiger partial charge on any atom is -0.480 e. The molecule has 1 aliphatic rings. The third kappa shape index (κ3) is 5.07. The monoisotopic (exact) mass is 285 g/mol. The van der Waals surface area contributed by atoms with Crippen molar-refractivity contribution in [1.29, 1.82) is 0 Å². The van der Waals surface area contributed by atoms with Crippen LogP contribution in [0, 0.1) is 0 Å². The number of rotatable bonds is 7. The van der Waals surface area contributed by atoms with Crippen molar-refractivity contribution < 1.29 is 19.5 Å². The number of nitrogens with two attached hydrogens (primary N) is 1. The summed E-state index contributed by atoms with van der Waals surface area (Å²) >= 11 is 0. The number of primary amides is 1. The van der Waals surface area contributed by atoms with Crippen molar-refractivity contribution in [3.05, 3.63) is 0 Å². The Morgan fingerprint density at radius 2 is 1.75 bits per heavy atom. The predicted molar refractivity (Wildman–Crippen MR) is 73.0 cm³/mol. The van der Waals surface area contributed by atoms with Crippen LogP contribution in [0.3, 0.4) is 0 Å². The molecule has 0 bridgehead atoms. The minimum atomic E-state index is -1.13. The zero-order chi connectivity index (χ0) is 15.0. The van der Waals surface area contributed by atoms with Crippen LogP contribution in [0.15, 0.2) is 0 Å². The molecule has 3 amide bonds. The van der Waals surface area contributed by atoms with E-state index in [2.05, 4.69) is 10.6 Å². The number of hydrogen-bond donors (Lipinski definition) is 4. The number of carbonyl (C=O) groups is 3. The molecule has 0 aromatic rings. The lowest BCUT2D eigenvalue weighted by Gasteiger charge is -2.33. The van der Waals surface area contributed by atoms with Gasteiger partial charge in [0.2, 0.25) is 5.91 Å². The number of carboxylic acids is 1. The molecule has 0 heterocycles. The smallest absolute Gasteiger partial charge is 0.329 e. The van der Waals surface area contributed by atoms with Gasteiger partial charge in [-0.3, -0.25) is 4.79 Å². The fraction of sp³-hybridized carbons (Fsp3) is 0.769. The third-order valence-corrected chi connectivity index (χ3v) is 3.60. The average Bonchev–Trinajstić information content (AvgIpc) is 2.38. The topological polar surface area (TPSA) is 122 Å². The van der Waals surface area contributed by atoms with E-state index in [0.29, 0.717) is 38.6 Å². The zero-order valence-electron chi connectivity index (χ0n) is 11.6. The van der Waals surface area contributed by atoms with E-state index in [1.165, 1.54) is 0 Å². The molecule has 20 heavy (non-hydrogen) atoms. The van der Waals surface area contributed by atoms with E-state index >= 15 is 0 Å². The first-order chi connectivity index (χ1) is 9.46. The van der Waals surface area contributed by atoms with Crippen LogP contribution in [0.2, 0.25) is 0 Å². The summed E-state index contributed by atoms with van der Waals surface area (Å²) in [5.74, 6) is -1.33. The normalized spacial score (nSPS) is 17.2. The van der Waals surface area contributed by atoms with Crippen LogP contribution in [0.5, 0.6) is 0 Å². The second-order valence-electron chi connectivity index (χ2n) is 5.25. The van der Waals surface area contributed by atoms with Crippen LogP contribution in [0.25, 0.3) is 0 Å². The molecule has 0 saturated heterocycles. The Labute approximate surface area is 118 Å². The highest BCUT2D eigenvalue weighted by atomic mass is 16.4. The van der Waals surface area contributed by atoms with Crippen LogP contribution in [-0.4, -0.2) is 35.1 Å². The van der Waals surface area contributed by atoms with Gasteiger partial charge in [0.15, 0.2) is 0 Å². The van der Waals surface area contributed by atoms with Crippen molar-refractivity contribution in [3.8, 4) is 0 Å². The van der Waals surface area contributed by atoms with E-state index in [4.69, 9.17) is 5.73 Å². The molecular formula is C13H23N3O4. The molecule has 1 rings (SSSR count). The van der Waals surface area contributed by atoms with Gasteiger partial charge in [-0.05, 0) is 25.7 Å². The number of amides is 3. The van der Waals surface area contributed by atoms with E-state index in [9.17, 15) is 19.5 Å². The number of aliphatic carboxylic acids is 1. The molecule has 0 aromatic carbocycles. The Morgan fingerprint density at radius 3 is 2.30 bits per heavy atom. The number of carboxylic acid groups (broad SMARTS) is 1. The lowest BCUT2D eigenvalue weighted by Crippen LogP contribution is -2.58. The molecule has 0 spiro atoms. The van der Waals surface area contributed by atoms with Gasteiger partial charge in [-0.2, -0.15) is 0 Å². The van der Waals surface area contributed by atoms with Gasteiger partial charge < -0.3 is 21.5 Å². The first-order valence-electron chi connectivity index (χ1n) is 7.04. The van der Waals surface area contributed by atoms with E-state index in [-0.39, 0.29) is 5.91 Å². The van der Waals surface area contributed by atoms with Crippen molar-refractivity contribution in [2.75, 3.05) is 6.54 Å². The SMILES string of the molecule is NC(=O)CCCCNC(=O)NC1(C(=O)O)CCCCC1. The molecule has 0 atom stereocenters. The van der Waals surface area contributed by atoms with Gasteiger partial charge in [0, 0.05) is 13.0 Å². The van der Waals surface area contributed by atoms with Crippen LogP contribution >= 0.6 is 0 Å². The molecule has 1 saturated carbocycles. The van der Waals surface area contributed by atoms with Gasteiger partial charge in [0.25, 0.3) is 0 Å². The van der Waals surface area contributed by atoms with Gasteiger partial charge in [-0.15, -0.1) is 0 Å². The highest BCUT2D eigenvalue weighted by molar-refractivity contribution is 5.86. The van der Waals surface area contributed by atoms with Crippen molar-refractivity contribution in [2.24, 2.45) is 5.73 Å². The Balaban J connectivity index is 2.32. The summed E-state index contributed by atoms with van der Waals surface area (Å²) in [7, 11) is 0. The largest absolute Gasteiger partial charge is 0.480 e. The van der Waals surface area contributed by atoms with Gasteiger partial charge in [0.1, 0.15) is 5.54 Å². The molecule has 7 heteroatoms. The van der Waals surface area contributed by atoms with Crippen LogP contribution < -0.4 is 16.4 Å². The summed E-state index contributed by atoms with van der Waals surface area (Å²) in [6.45, 7) is 0.398. The molecular weight excluding hydrogens is 262 g/mol. The fourth-order valence-electron chi connectivity index (χ4n) is 2.44. The second kappa shape index (κ2) is 7.72. The molecule has 0 radical (unpaired) electrons. The standard InChI is InChI=1S/C13H23N3O4/c14-10(17)6-2-5-9-15-12(20)16-13(11(18)19)7-3-1-4-8-13/h1-9H2,(H2,14,17)(H,18,19)(H2,15,16,20). The zero-order valence-corrected chi connectivity index (χ0v) is 11.6. The van der Waals surface area contributed by atoms with Crippen molar-refractivity contribution >= 4 is 17.9 Å². The van der Waals surface area contributed by atoms with Crippen molar-refractivity contribution in [2.45, 2.75) is 56.9 Å². The summed E-state index contributed by atoms with van der Waals surface area (Å²) in [6, 6.07) is -0.464. The number of carbonyl (C=O) groups excluding carboxylic acids is 2. The van der Waals surface area contributed by atoms with Gasteiger partial charge in [0.05, 0.1) is 0 Å². The number of hydrogen-bond acceptors (Lipinski definition) is 3. The Bertz CT molecular complexity index is 365. The van der Waals surface area contributed by atoms with Crippen LogP contribution in [-0.2, 0) is 9.59 Å². The summed E-state index contributed by atoms with van der Waals surface area (Å²) in [4.78, 5) is 33.6. The maximum Gasteiger partial charge on any atom is 0.329 e. The third-order valence-electron chi connectivity index (χ3n) is 3.60. The maximum atomic E-state index is 11.7. The summed E-state index contributed by atoms with van der Waals surface area (Å²) < 4.78 is 0. The maximum absolute atomic E-state index is 11.7. The Kier molecular flexibility index (Phi) is 6.27. The molecule has 7 nitrogen and oxygen atoms in total. The Morgan fingerprint density at radius 1 is 1.10 bits per heavy atom. The predicted octanol–water partition coefficient (Wildman–Crippen LogP) is 0.729. The summed E-state index contributed by atoms with van der Waals surface area (Å²) in [5, 5.41) is 14.5. The molecule has 114 valence electrons. The molecule has 0 aromatic heterocycles. The lowest BCUT2D eigenvalue weighted by atomic mass is 9.82. The molecule has 0 unspecified atom stereocenters. The summed E-state index contributed by atoms with van der Waals surface area (Å²) in [6.07, 6.45) is 5.11. The Hall–Kier alpha value is -1.79. The van der Waals surface area contributed by atoms with Crippen LogP contribution in [0.4, 0.5) is 4.79 Å². The first kappa shape index (κ1) is 16.3. The molecule has 5 N–H and O–H groups in total. The quantitative estimate of drug-likeness (QED) is 0.515. The van der Waals surface area contributed by atoms with Gasteiger partial charge in [-0.25, -0.2) is 9.59 Å². The summed E-state index contributed by atoms with van der Waals surface area (Å²) in [5.41, 5.74) is 3.88. The van der Waals surface area contributed by atoms with E-state index in [1.54, 1.807) is 0 Å². The lowest BCUT2D eigenvalue weighted by molar-refractivity contribution is -0.145. The van der Waals surface area contributed by atoms with Crippen LogP contribution in [0.1, 0.15) is 51.4 Å². The average molecular weight is 285 g/mol. The second-order valence-corrected chi connectivity index (χ2v) is 5.25. The van der Waals surface area contributed by atoms with Crippen molar-refractivity contribution in [3.63, 3.8) is 0 Å². The molecule has 0 aliphatic heterocycles. The molecule has 1 fully saturated rings. The van der Waals surface area contributed by atoms with E-state index in [0.717, 1.165) is 19.3 Å². The first-order valence-corrected chi connectivity index (χ1v) is 7.04. The van der Waals surface area contributed by atoms with Crippen molar-refractivity contribution in [1.82, 2.24) is 10.6 Å². The van der Waals surface area contributed by atoms with E-state index in [1.807, 2.05) is 0 Å². The highest BCUT2D eigenvalue weighted by Gasteiger charge is 2.40.